The smallest absolute Gasteiger partial charge is 0.336 e. The van der Waals surface area contributed by atoms with Crippen molar-refractivity contribution in [3.8, 4) is 0 Å². The number of carbonyl (C=O) groups is 1. The van der Waals surface area contributed by atoms with Crippen LogP contribution in [0.2, 0.25) is 0 Å². The van der Waals surface area contributed by atoms with Crippen LogP contribution in [0, 0.1) is 5.82 Å². The first-order chi connectivity index (χ1) is 12.3. The number of hydrogen-bond donors (Lipinski definition) is 0. The Morgan fingerprint density at radius 1 is 0.962 bits per heavy atom. The lowest BCUT2D eigenvalue weighted by Crippen LogP contribution is -2.48. The molecule has 0 N–H and O–H groups in total. The van der Waals surface area contributed by atoms with E-state index < -0.39 is 17.6 Å². The highest BCUT2D eigenvalue weighted by Gasteiger charge is 2.36. The maximum Gasteiger partial charge on any atom is 0.417 e. The second kappa shape index (κ2) is 7.45. The molecule has 1 amide bonds. The summed E-state index contributed by atoms with van der Waals surface area (Å²) in [6, 6.07) is 11.1. The van der Waals surface area contributed by atoms with Crippen molar-refractivity contribution in [2.45, 2.75) is 12.7 Å². The van der Waals surface area contributed by atoms with Crippen molar-refractivity contribution in [2.75, 3.05) is 26.2 Å². The molecule has 0 saturated carbocycles. The average Bonchev–Trinajstić information content (AvgIpc) is 2.61. The second-order valence-electron chi connectivity index (χ2n) is 6.24. The molecule has 0 unspecified atom stereocenters. The Balaban J connectivity index is 1.64. The molecule has 1 saturated heterocycles. The Labute approximate surface area is 148 Å². The molecule has 3 rings (SSSR count). The molecule has 1 heterocycles. The van der Waals surface area contributed by atoms with E-state index in [0.29, 0.717) is 32.7 Å². The number of amides is 1. The number of nitrogens with zero attached hydrogens (tertiary/aromatic N) is 2. The normalized spacial score (nSPS) is 15.9. The molecule has 7 heteroatoms. The largest absolute Gasteiger partial charge is 0.417 e. The monoisotopic (exact) mass is 366 g/mol. The van der Waals surface area contributed by atoms with Gasteiger partial charge in [0.1, 0.15) is 5.82 Å². The third kappa shape index (κ3) is 4.22. The summed E-state index contributed by atoms with van der Waals surface area (Å²) in [5.41, 5.74) is -0.405. The Bertz CT molecular complexity index is 783. The van der Waals surface area contributed by atoms with E-state index in [1.807, 2.05) is 11.0 Å². The Morgan fingerprint density at radius 3 is 2.31 bits per heavy atom. The van der Waals surface area contributed by atoms with E-state index in [1.165, 1.54) is 35.2 Å². The summed E-state index contributed by atoms with van der Waals surface area (Å²) in [5.74, 6) is -0.914. The van der Waals surface area contributed by atoms with Crippen LogP contribution in [-0.2, 0) is 12.7 Å². The van der Waals surface area contributed by atoms with Gasteiger partial charge in [0.15, 0.2) is 0 Å². The van der Waals surface area contributed by atoms with Crippen molar-refractivity contribution < 1.29 is 22.4 Å². The first-order valence-corrected chi connectivity index (χ1v) is 8.27. The minimum absolute atomic E-state index is 0.305. The topological polar surface area (TPSA) is 23.6 Å². The zero-order chi connectivity index (χ0) is 18.7. The molecule has 1 fully saturated rings. The van der Waals surface area contributed by atoms with Crippen LogP contribution < -0.4 is 0 Å². The maximum atomic E-state index is 13.2. The summed E-state index contributed by atoms with van der Waals surface area (Å²) < 4.78 is 52.6. The molecule has 0 aromatic heterocycles. The predicted molar refractivity (Wildman–Crippen MR) is 89.0 cm³/mol. The fourth-order valence-electron chi connectivity index (χ4n) is 3.09. The van der Waals surface area contributed by atoms with Crippen molar-refractivity contribution in [1.29, 1.82) is 0 Å². The average molecular weight is 366 g/mol. The van der Waals surface area contributed by atoms with Gasteiger partial charge < -0.3 is 4.90 Å². The first kappa shape index (κ1) is 18.4. The van der Waals surface area contributed by atoms with Gasteiger partial charge in [0.25, 0.3) is 5.91 Å². The summed E-state index contributed by atoms with van der Waals surface area (Å²) >= 11 is 0. The SMILES string of the molecule is O=C(c1ccccc1C(F)(F)F)N1CCN(Cc2cccc(F)c2)CC1. The number of hydrogen-bond acceptors (Lipinski definition) is 2. The molecule has 0 radical (unpaired) electrons. The van der Waals surface area contributed by atoms with Gasteiger partial charge in [-0.3, -0.25) is 9.69 Å². The molecule has 0 spiro atoms. The van der Waals surface area contributed by atoms with E-state index in [4.69, 9.17) is 0 Å². The highest BCUT2D eigenvalue weighted by molar-refractivity contribution is 5.96. The minimum Gasteiger partial charge on any atom is -0.336 e. The van der Waals surface area contributed by atoms with Gasteiger partial charge in [0.05, 0.1) is 11.1 Å². The fraction of sp³-hybridized carbons (Fsp3) is 0.316. The molecule has 0 bridgehead atoms. The van der Waals surface area contributed by atoms with Gasteiger partial charge in [-0.05, 0) is 29.8 Å². The highest BCUT2D eigenvalue weighted by atomic mass is 19.4. The molecular weight excluding hydrogens is 348 g/mol. The van der Waals surface area contributed by atoms with Crippen molar-refractivity contribution in [1.82, 2.24) is 9.80 Å². The molecule has 2 aromatic carbocycles. The lowest BCUT2D eigenvalue weighted by molar-refractivity contribution is -0.138. The van der Waals surface area contributed by atoms with Crippen LogP contribution in [0.25, 0.3) is 0 Å². The third-order valence-electron chi connectivity index (χ3n) is 4.42. The van der Waals surface area contributed by atoms with E-state index in [1.54, 1.807) is 6.07 Å². The van der Waals surface area contributed by atoms with E-state index in [-0.39, 0.29) is 11.4 Å². The number of rotatable bonds is 3. The van der Waals surface area contributed by atoms with Crippen molar-refractivity contribution in [3.05, 3.63) is 71.0 Å². The molecule has 26 heavy (non-hydrogen) atoms. The van der Waals surface area contributed by atoms with Gasteiger partial charge in [-0.15, -0.1) is 0 Å². The molecule has 3 nitrogen and oxygen atoms in total. The van der Waals surface area contributed by atoms with Crippen LogP contribution in [0.4, 0.5) is 17.6 Å². The van der Waals surface area contributed by atoms with E-state index in [2.05, 4.69) is 0 Å². The molecule has 1 aliphatic heterocycles. The molecule has 0 aliphatic carbocycles. The zero-order valence-electron chi connectivity index (χ0n) is 14.0. The van der Waals surface area contributed by atoms with Crippen LogP contribution in [0.15, 0.2) is 48.5 Å². The van der Waals surface area contributed by atoms with Crippen LogP contribution in [0.1, 0.15) is 21.5 Å². The molecule has 2 aromatic rings. The second-order valence-corrected chi connectivity index (χ2v) is 6.24. The summed E-state index contributed by atoms with van der Waals surface area (Å²) in [5, 5.41) is 0. The maximum absolute atomic E-state index is 13.2. The van der Waals surface area contributed by atoms with Crippen molar-refractivity contribution in [2.24, 2.45) is 0 Å². The summed E-state index contributed by atoms with van der Waals surface area (Å²) in [6.45, 7) is 2.26. The Kier molecular flexibility index (Phi) is 5.27. The van der Waals surface area contributed by atoms with Gasteiger partial charge in [-0.25, -0.2) is 4.39 Å². The minimum atomic E-state index is -4.56. The first-order valence-electron chi connectivity index (χ1n) is 8.27. The lowest BCUT2D eigenvalue weighted by Gasteiger charge is -2.35. The van der Waals surface area contributed by atoms with Gasteiger partial charge in [-0.1, -0.05) is 24.3 Å². The summed E-state index contributed by atoms with van der Waals surface area (Å²) in [4.78, 5) is 16.0. The van der Waals surface area contributed by atoms with Crippen LogP contribution in [0.5, 0.6) is 0 Å². The number of halogens is 4. The van der Waals surface area contributed by atoms with E-state index in [0.717, 1.165) is 11.6 Å². The van der Waals surface area contributed by atoms with Gasteiger partial charge in [-0.2, -0.15) is 13.2 Å². The van der Waals surface area contributed by atoms with Crippen LogP contribution in [-0.4, -0.2) is 41.9 Å². The van der Waals surface area contributed by atoms with Crippen LogP contribution >= 0.6 is 0 Å². The van der Waals surface area contributed by atoms with Gasteiger partial charge >= 0.3 is 6.18 Å². The van der Waals surface area contributed by atoms with Crippen molar-refractivity contribution >= 4 is 5.91 Å². The number of carbonyl (C=O) groups excluding carboxylic acids is 1. The Morgan fingerprint density at radius 2 is 1.65 bits per heavy atom. The number of piperazine rings is 1. The molecular formula is C19H18F4N2O. The van der Waals surface area contributed by atoms with Gasteiger partial charge in [0.2, 0.25) is 0 Å². The summed E-state index contributed by atoms with van der Waals surface area (Å²) in [6.07, 6.45) is -4.56. The standard InChI is InChI=1S/C19H18F4N2O/c20-15-5-3-4-14(12-15)13-24-8-10-25(11-9-24)18(26)16-6-1-2-7-17(16)19(21,22)23/h1-7,12H,8-11,13H2. The number of benzene rings is 2. The quantitative estimate of drug-likeness (QED) is 0.772. The molecule has 0 atom stereocenters. The summed E-state index contributed by atoms with van der Waals surface area (Å²) in [7, 11) is 0. The van der Waals surface area contributed by atoms with E-state index in [9.17, 15) is 22.4 Å². The molecule has 1 aliphatic rings. The predicted octanol–water partition coefficient (Wildman–Crippen LogP) is 3.80. The van der Waals surface area contributed by atoms with Crippen molar-refractivity contribution in [3.63, 3.8) is 0 Å². The Hall–Kier alpha value is -2.41. The van der Waals surface area contributed by atoms with E-state index >= 15 is 0 Å². The number of alkyl halides is 3. The fourth-order valence-corrected chi connectivity index (χ4v) is 3.09. The highest BCUT2D eigenvalue weighted by Crippen LogP contribution is 2.32. The lowest BCUT2D eigenvalue weighted by atomic mass is 10.1. The van der Waals surface area contributed by atoms with Gasteiger partial charge in [0, 0.05) is 32.7 Å². The zero-order valence-corrected chi connectivity index (χ0v) is 14.0. The van der Waals surface area contributed by atoms with Crippen LogP contribution in [0.3, 0.4) is 0 Å². The molecule has 138 valence electrons. The third-order valence-corrected chi connectivity index (χ3v) is 4.42.